The van der Waals surface area contributed by atoms with E-state index in [1.807, 2.05) is 18.2 Å². The Labute approximate surface area is 138 Å². The second-order valence-electron chi connectivity index (χ2n) is 7.00. The van der Waals surface area contributed by atoms with Crippen LogP contribution in [0.25, 0.3) is 0 Å². The summed E-state index contributed by atoms with van der Waals surface area (Å²) in [5, 5.41) is 0. The summed E-state index contributed by atoms with van der Waals surface area (Å²) in [4.78, 5) is 14.3. The minimum absolute atomic E-state index is 0.0194. The number of carbonyl (C=O) groups is 1. The number of hydrogen-bond acceptors (Lipinski definition) is 4. The van der Waals surface area contributed by atoms with E-state index in [2.05, 4.69) is 13.8 Å². The molecule has 1 saturated heterocycles. The molecule has 1 unspecified atom stereocenters. The van der Waals surface area contributed by atoms with Crippen LogP contribution in [0.3, 0.4) is 0 Å². The van der Waals surface area contributed by atoms with E-state index in [1.54, 1.807) is 18.0 Å². The van der Waals surface area contributed by atoms with E-state index >= 15 is 0 Å². The molecular weight excluding hydrogens is 292 g/mol. The van der Waals surface area contributed by atoms with E-state index in [1.165, 1.54) is 0 Å². The highest BCUT2D eigenvalue weighted by Crippen LogP contribution is 2.20. The Kier molecular flexibility index (Phi) is 6.02. The SMILES string of the molecule is CN(CC(C)(C)CN)C(=O)c1cccc(OCC2CCCO2)c1. The van der Waals surface area contributed by atoms with Crippen molar-refractivity contribution in [2.24, 2.45) is 11.1 Å². The zero-order valence-corrected chi connectivity index (χ0v) is 14.4. The van der Waals surface area contributed by atoms with Crippen LogP contribution in [0, 0.1) is 5.41 Å². The van der Waals surface area contributed by atoms with Gasteiger partial charge in [0.05, 0.1) is 6.10 Å². The average Bonchev–Trinajstić information content (AvgIpc) is 3.05. The zero-order valence-electron chi connectivity index (χ0n) is 14.4. The maximum atomic E-state index is 12.6. The first-order valence-electron chi connectivity index (χ1n) is 8.21. The molecule has 1 aromatic rings. The lowest BCUT2D eigenvalue weighted by Gasteiger charge is -2.29. The highest BCUT2D eigenvalue weighted by Gasteiger charge is 2.22. The monoisotopic (exact) mass is 320 g/mol. The Morgan fingerprint density at radius 2 is 2.26 bits per heavy atom. The molecule has 2 N–H and O–H groups in total. The van der Waals surface area contributed by atoms with Gasteiger partial charge in [-0.25, -0.2) is 0 Å². The van der Waals surface area contributed by atoms with Crippen molar-refractivity contribution in [2.45, 2.75) is 32.8 Å². The Morgan fingerprint density at radius 3 is 2.91 bits per heavy atom. The maximum Gasteiger partial charge on any atom is 0.253 e. The quantitative estimate of drug-likeness (QED) is 0.837. The Hall–Kier alpha value is -1.59. The van der Waals surface area contributed by atoms with Crippen molar-refractivity contribution < 1.29 is 14.3 Å². The number of nitrogens with two attached hydrogens (primary N) is 1. The third-order valence-electron chi connectivity index (χ3n) is 4.11. The van der Waals surface area contributed by atoms with Gasteiger partial charge >= 0.3 is 0 Å². The summed E-state index contributed by atoms with van der Waals surface area (Å²) >= 11 is 0. The fraction of sp³-hybridized carbons (Fsp3) is 0.611. The third-order valence-corrected chi connectivity index (χ3v) is 4.11. The fourth-order valence-electron chi connectivity index (χ4n) is 2.68. The molecule has 23 heavy (non-hydrogen) atoms. The van der Waals surface area contributed by atoms with Gasteiger partial charge in [0.1, 0.15) is 12.4 Å². The van der Waals surface area contributed by atoms with Crippen LogP contribution >= 0.6 is 0 Å². The van der Waals surface area contributed by atoms with Gasteiger partial charge in [-0.3, -0.25) is 4.79 Å². The van der Waals surface area contributed by atoms with Gasteiger partial charge in [0.15, 0.2) is 0 Å². The number of nitrogens with zero attached hydrogens (tertiary/aromatic N) is 1. The number of hydrogen-bond donors (Lipinski definition) is 1. The molecule has 0 spiro atoms. The minimum atomic E-state index is -0.0989. The van der Waals surface area contributed by atoms with Crippen LogP contribution < -0.4 is 10.5 Å². The molecule has 1 fully saturated rings. The number of rotatable bonds is 7. The Balaban J connectivity index is 1.96. The molecule has 0 bridgehead atoms. The van der Waals surface area contributed by atoms with Crippen molar-refractivity contribution >= 4 is 5.91 Å². The van der Waals surface area contributed by atoms with Gasteiger partial charge < -0.3 is 20.1 Å². The molecule has 128 valence electrons. The molecule has 1 amide bonds. The summed E-state index contributed by atoms with van der Waals surface area (Å²) < 4.78 is 11.3. The molecule has 2 rings (SSSR count). The van der Waals surface area contributed by atoms with Crippen LogP contribution in [-0.2, 0) is 4.74 Å². The van der Waals surface area contributed by atoms with Crippen molar-refractivity contribution in [3.05, 3.63) is 29.8 Å². The molecule has 1 atom stereocenters. The number of amides is 1. The van der Waals surface area contributed by atoms with Gasteiger partial charge in [-0.2, -0.15) is 0 Å². The highest BCUT2D eigenvalue weighted by atomic mass is 16.5. The van der Waals surface area contributed by atoms with Crippen LogP contribution in [0.1, 0.15) is 37.0 Å². The lowest BCUT2D eigenvalue weighted by atomic mass is 9.93. The van der Waals surface area contributed by atoms with Gasteiger partial charge in [0.2, 0.25) is 0 Å². The number of carbonyl (C=O) groups excluding carboxylic acids is 1. The lowest BCUT2D eigenvalue weighted by Crippen LogP contribution is -2.39. The summed E-state index contributed by atoms with van der Waals surface area (Å²) in [5.41, 5.74) is 6.28. The van der Waals surface area contributed by atoms with Crippen LogP contribution in [0.15, 0.2) is 24.3 Å². The van der Waals surface area contributed by atoms with E-state index in [0.29, 0.717) is 31.0 Å². The zero-order chi connectivity index (χ0) is 16.9. The molecule has 0 saturated carbocycles. The molecule has 1 heterocycles. The summed E-state index contributed by atoms with van der Waals surface area (Å²) in [6.45, 7) is 6.61. The molecular formula is C18H28N2O3. The molecule has 0 aliphatic carbocycles. The Bertz CT molecular complexity index is 525. The predicted octanol–water partition coefficient (Wildman–Crippen LogP) is 2.30. The first-order chi connectivity index (χ1) is 10.9. The first kappa shape index (κ1) is 17.8. The average molecular weight is 320 g/mol. The van der Waals surface area contributed by atoms with E-state index < -0.39 is 0 Å². The highest BCUT2D eigenvalue weighted by molar-refractivity contribution is 5.94. The Morgan fingerprint density at radius 1 is 1.48 bits per heavy atom. The van der Waals surface area contributed by atoms with Gasteiger partial charge in [0, 0.05) is 25.8 Å². The van der Waals surface area contributed by atoms with Crippen molar-refractivity contribution in [2.75, 3.05) is 33.4 Å². The molecule has 1 aliphatic rings. The number of ether oxygens (including phenoxy) is 2. The molecule has 0 radical (unpaired) electrons. The number of benzene rings is 1. The van der Waals surface area contributed by atoms with Crippen LogP contribution in [0.4, 0.5) is 0 Å². The summed E-state index contributed by atoms with van der Waals surface area (Å²) in [6.07, 6.45) is 2.30. The van der Waals surface area contributed by atoms with Gasteiger partial charge in [-0.05, 0) is 43.0 Å². The summed E-state index contributed by atoms with van der Waals surface area (Å²) in [7, 11) is 1.81. The minimum Gasteiger partial charge on any atom is -0.491 e. The summed E-state index contributed by atoms with van der Waals surface area (Å²) in [5.74, 6) is 0.687. The predicted molar refractivity (Wildman–Crippen MR) is 90.7 cm³/mol. The van der Waals surface area contributed by atoms with E-state index in [-0.39, 0.29) is 17.4 Å². The maximum absolute atomic E-state index is 12.6. The standard InChI is InChI=1S/C18H28N2O3/c1-18(2,12-19)13-20(3)17(21)14-6-4-7-15(10-14)23-11-16-8-5-9-22-16/h4,6-7,10,16H,5,8-9,11-13,19H2,1-3H3. The van der Waals surface area contributed by atoms with Gasteiger partial charge in [-0.1, -0.05) is 19.9 Å². The molecule has 1 aliphatic heterocycles. The van der Waals surface area contributed by atoms with Gasteiger partial charge in [-0.15, -0.1) is 0 Å². The first-order valence-corrected chi connectivity index (χ1v) is 8.21. The van der Waals surface area contributed by atoms with E-state index in [4.69, 9.17) is 15.2 Å². The van der Waals surface area contributed by atoms with E-state index in [9.17, 15) is 4.79 Å². The molecule has 0 aromatic heterocycles. The van der Waals surface area contributed by atoms with Crippen molar-refractivity contribution in [3.8, 4) is 5.75 Å². The fourth-order valence-corrected chi connectivity index (χ4v) is 2.68. The van der Waals surface area contributed by atoms with E-state index in [0.717, 1.165) is 19.4 Å². The second-order valence-corrected chi connectivity index (χ2v) is 7.00. The van der Waals surface area contributed by atoms with Crippen molar-refractivity contribution in [1.82, 2.24) is 4.90 Å². The molecule has 5 nitrogen and oxygen atoms in total. The molecule has 5 heteroatoms. The summed E-state index contributed by atoms with van der Waals surface area (Å²) in [6, 6.07) is 7.33. The lowest BCUT2D eigenvalue weighted by molar-refractivity contribution is 0.0677. The topological polar surface area (TPSA) is 64.8 Å². The normalized spacial score (nSPS) is 18.0. The van der Waals surface area contributed by atoms with Crippen LogP contribution in [0.2, 0.25) is 0 Å². The van der Waals surface area contributed by atoms with Crippen molar-refractivity contribution in [1.29, 1.82) is 0 Å². The second kappa shape index (κ2) is 7.79. The largest absolute Gasteiger partial charge is 0.491 e. The van der Waals surface area contributed by atoms with Gasteiger partial charge in [0.25, 0.3) is 5.91 Å². The third kappa shape index (κ3) is 5.22. The van der Waals surface area contributed by atoms with Crippen molar-refractivity contribution in [3.63, 3.8) is 0 Å². The smallest absolute Gasteiger partial charge is 0.253 e. The van der Waals surface area contributed by atoms with Crippen LogP contribution in [0.5, 0.6) is 5.75 Å². The molecule has 1 aromatic carbocycles. The van der Waals surface area contributed by atoms with Crippen LogP contribution in [-0.4, -0.2) is 50.3 Å².